The topological polar surface area (TPSA) is 65.8 Å². The van der Waals surface area contributed by atoms with Gasteiger partial charge in [-0.05, 0) is 37.1 Å². The summed E-state index contributed by atoms with van der Waals surface area (Å²) in [7, 11) is 0. The molecule has 0 spiro atoms. The van der Waals surface area contributed by atoms with Crippen LogP contribution in [0, 0.1) is 11.7 Å². The third-order valence-electron chi connectivity index (χ3n) is 6.15. The van der Waals surface area contributed by atoms with E-state index in [1.54, 1.807) is 29.2 Å². The number of rotatable bonds is 6. The standard InChI is InChI=1S/C25H28FN3O3/c1-3-17(4-2)24(30)27-22-18-9-5-8-12-21(18)32-23(22)25(31)29-15-13-28(14-16-29)20-11-7-6-10-19(20)26/h5-12,17H,3-4,13-16H2,1-2H3,(H,27,30). The van der Waals surface area contributed by atoms with E-state index < -0.39 is 0 Å². The normalized spacial score (nSPS) is 14.2. The molecule has 1 aromatic heterocycles. The van der Waals surface area contributed by atoms with Crippen LogP contribution in [0.5, 0.6) is 0 Å². The predicted octanol–water partition coefficient (Wildman–Crippen LogP) is 4.91. The molecule has 2 amide bonds. The number of nitrogens with one attached hydrogen (secondary N) is 1. The molecule has 0 atom stereocenters. The van der Waals surface area contributed by atoms with Crippen LogP contribution in [-0.2, 0) is 4.79 Å². The van der Waals surface area contributed by atoms with Crippen molar-refractivity contribution in [2.24, 2.45) is 5.92 Å². The fraction of sp³-hybridized carbons (Fsp3) is 0.360. The van der Waals surface area contributed by atoms with Gasteiger partial charge in [-0.25, -0.2) is 4.39 Å². The van der Waals surface area contributed by atoms with Crippen molar-refractivity contribution >= 4 is 34.2 Å². The number of anilines is 2. The van der Waals surface area contributed by atoms with Crippen molar-refractivity contribution in [2.45, 2.75) is 26.7 Å². The Kier molecular flexibility index (Phi) is 6.44. The van der Waals surface area contributed by atoms with Crippen LogP contribution in [0.25, 0.3) is 11.0 Å². The fourth-order valence-corrected chi connectivity index (χ4v) is 4.21. The molecular weight excluding hydrogens is 409 g/mol. The first kappa shape index (κ1) is 21.9. The average molecular weight is 438 g/mol. The van der Waals surface area contributed by atoms with Gasteiger partial charge in [0.2, 0.25) is 11.7 Å². The summed E-state index contributed by atoms with van der Waals surface area (Å²) in [5.41, 5.74) is 1.53. The number of benzene rings is 2. The van der Waals surface area contributed by atoms with Gasteiger partial charge >= 0.3 is 0 Å². The van der Waals surface area contributed by atoms with Gasteiger partial charge in [0, 0.05) is 37.5 Å². The summed E-state index contributed by atoms with van der Waals surface area (Å²) in [5, 5.41) is 3.67. The Morgan fingerprint density at radius 2 is 1.66 bits per heavy atom. The first-order valence-electron chi connectivity index (χ1n) is 11.1. The van der Waals surface area contributed by atoms with Gasteiger partial charge in [0.25, 0.3) is 5.91 Å². The minimum atomic E-state index is -0.269. The van der Waals surface area contributed by atoms with E-state index in [4.69, 9.17) is 4.42 Å². The zero-order chi connectivity index (χ0) is 22.7. The van der Waals surface area contributed by atoms with Crippen molar-refractivity contribution in [3.05, 3.63) is 60.1 Å². The molecule has 0 aliphatic carbocycles. The maximum absolute atomic E-state index is 14.1. The van der Waals surface area contributed by atoms with Crippen LogP contribution < -0.4 is 10.2 Å². The molecule has 2 heterocycles. The highest BCUT2D eigenvalue weighted by atomic mass is 19.1. The Labute approximate surface area is 187 Å². The van der Waals surface area contributed by atoms with Crippen LogP contribution in [0.3, 0.4) is 0 Å². The van der Waals surface area contributed by atoms with E-state index in [1.165, 1.54) is 6.07 Å². The Morgan fingerprint density at radius 3 is 2.34 bits per heavy atom. The number of carbonyl (C=O) groups is 2. The molecule has 1 saturated heterocycles. The van der Waals surface area contributed by atoms with Gasteiger partial charge < -0.3 is 19.5 Å². The van der Waals surface area contributed by atoms with Gasteiger partial charge in [-0.15, -0.1) is 0 Å². The van der Waals surface area contributed by atoms with E-state index in [9.17, 15) is 14.0 Å². The van der Waals surface area contributed by atoms with Crippen molar-refractivity contribution < 1.29 is 18.4 Å². The molecule has 1 fully saturated rings. The molecule has 32 heavy (non-hydrogen) atoms. The van der Waals surface area contributed by atoms with Crippen molar-refractivity contribution in [3.63, 3.8) is 0 Å². The monoisotopic (exact) mass is 437 g/mol. The number of piperazine rings is 1. The van der Waals surface area contributed by atoms with Gasteiger partial charge in [0.15, 0.2) is 0 Å². The molecule has 2 aromatic carbocycles. The minimum absolute atomic E-state index is 0.111. The Balaban J connectivity index is 1.56. The van der Waals surface area contributed by atoms with Gasteiger partial charge in [-0.1, -0.05) is 38.1 Å². The fourth-order valence-electron chi connectivity index (χ4n) is 4.21. The molecule has 0 radical (unpaired) electrons. The van der Waals surface area contributed by atoms with Crippen molar-refractivity contribution in [1.82, 2.24) is 4.90 Å². The highest BCUT2D eigenvalue weighted by Gasteiger charge is 2.30. The summed E-state index contributed by atoms with van der Waals surface area (Å²) in [6, 6.07) is 14.0. The molecule has 1 aliphatic rings. The Hall–Kier alpha value is -3.35. The quantitative estimate of drug-likeness (QED) is 0.595. The first-order chi connectivity index (χ1) is 15.5. The number of halogens is 1. The molecule has 168 valence electrons. The lowest BCUT2D eigenvalue weighted by atomic mass is 10.0. The molecule has 0 saturated carbocycles. The summed E-state index contributed by atoms with van der Waals surface area (Å²) >= 11 is 0. The number of furan rings is 1. The number of hydrogen-bond donors (Lipinski definition) is 1. The molecule has 7 heteroatoms. The second-order valence-electron chi connectivity index (χ2n) is 8.04. The SMILES string of the molecule is CCC(CC)C(=O)Nc1c(C(=O)N2CCN(c3ccccc3F)CC2)oc2ccccc12. The molecule has 4 rings (SSSR count). The van der Waals surface area contributed by atoms with E-state index in [0.717, 1.165) is 12.8 Å². The Bertz CT molecular complexity index is 1110. The third-order valence-corrected chi connectivity index (χ3v) is 6.15. The van der Waals surface area contributed by atoms with E-state index in [0.29, 0.717) is 48.5 Å². The largest absolute Gasteiger partial charge is 0.449 e. The zero-order valence-corrected chi connectivity index (χ0v) is 18.4. The van der Waals surface area contributed by atoms with Crippen LogP contribution in [0.2, 0.25) is 0 Å². The molecule has 0 bridgehead atoms. The number of carbonyl (C=O) groups excluding carboxylic acids is 2. The van der Waals surface area contributed by atoms with E-state index in [-0.39, 0.29) is 29.3 Å². The number of hydrogen-bond acceptors (Lipinski definition) is 4. The second kappa shape index (κ2) is 9.42. The van der Waals surface area contributed by atoms with Crippen LogP contribution in [0.4, 0.5) is 15.8 Å². The van der Waals surface area contributed by atoms with Gasteiger partial charge in [-0.3, -0.25) is 9.59 Å². The van der Waals surface area contributed by atoms with E-state index in [1.807, 2.05) is 36.9 Å². The van der Waals surface area contributed by atoms with Crippen molar-refractivity contribution in [2.75, 3.05) is 36.4 Å². The van der Waals surface area contributed by atoms with E-state index in [2.05, 4.69) is 5.32 Å². The molecule has 3 aromatic rings. The van der Waals surface area contributed by atoms with Gasteiger partial charge in [0.05, 0.1) is 5.69 Å². The molecule has 6 nitrogen and oxygen atoms in total. The number of nitrogens with zero attached hydrogens (tertiary/aromatic N) is 2. The minimum Gasteiger partial charge on any atom is -0.449 e. The third kappa shape index (κ3) is 4.20. The maximum atomic E-state index is 14.1. The van der Waals surface area contributed by atoms with E-state index >= 15 is 0 Å². The molecule has 1 N–H and O–H groups in total. The van der Waals surface area contributed by atoms with Crippen molar-refractivity contribution in [3.8, 4) is 0 Å². The lowest BCUT2D eigenvalue weighted by Crippen LogP contribution is -2.49. The first-order valence-corrected chi connectivity index (χ1v) is 11.1. The average Bonchev–Trinajstić information content (AvgIpc) is 3.18. The van der Waals surface area contributed by atoms with Crippen LogP contribution in [-0.4, -0.2) is 42.9 Å². The molecule has 0 unspecified atom stereocenters. The summed E-state index contributed by atoms with van der Waals surface area (Å²) in [5.74, 6) is -0.633. The Morgan fingerprint density at radius 1 is 1.00 bits per heavy atom. The zero-order valence-electron chi connectivity index (χ0n) is 18.4. The molecule has 1 aliphatic heterocycles. The maximum Gasteiger partial charge on any atom is 0.291 e. The van der Waals surface area contributed by atoms with Crippen LogP contribution in [0.15, 0.2) is 52.9 Å². The van der Waals surface area contributed by atoms with Gasteiger partial charge in [0.1, 0.15) is 17.1 Å². The van der Waals surface area contributed by atoms with Crippen molar-refractivity contribution in [1.29, 1.82) is 0 Å². The van der Waals surface area contributed by atoms with Crippen LogP contribution >= 0.6 is 0 Å². The number of para-hydroxylation sites is 2. The van der Waals surface area contributed by atoms with Gasteiger partial charge in [-0.2, -0.15) is 0 Å². The highest BCUT2D eigenvalue weighted by Crippen LogP contribution is 2.33. The second-order valence-corrected chi connectivity index (χ2v) is 8.04. The molecular formula is C25H28FN3O3. The van der Waals surface area contributed by atoms with Crippen LogP contribution in [0.1, 0.15) is 37.2 Å². The summed E-state index contributed by atoms with van der Waals surface area (Å²) in [6.45, 7) is 5.85. The number of fused-ring (bicyclic) bond motifs is 1. The highest BCUT2D eigenvalue weighted by molar-refractivity contribution is 6.11. The lowest BCUT2D eigenvalue weighted by molar-refractivity contribution is -0.120. The predicted molar refractivity (Wildman–Crippen MR) is 123 cm³/mol. The summed E-state index contributed by atoms with van der Waals surface area (Å²) in [6.07, 6.45) is 1.44. The number of amides is 2. The lowest BCUT2D eigenvalue weighted by Gasteiger charge is -2.36. The summed E-state index contributed by atoms with van der Waals surface area (Å²) < 4.78 is 20.0. The summed E-state index contributed by atoms with van der Waals surface area (Å²) in [4.78, 5) is 29.8. The smallest absolute Gasteiger partial charge is 0.291 e.